The highest BCUT2D eigenvalue weighted by Gasteiger charge is 2.50. The molecule has 6 heteroatoms. The molecule has 0 amide bonds. The second-order valence-electron chi connectivity index (χ2n) is 3.65. The van der Waals surface area contributed by atoms with Gasteiger partial charge in [-0.05, 0) is 12.1 Å². The minimum atomic E-state index is -1.38. The third-order valence-electron chi connectivity index (χ3n) is 2.50. The Balaban J connectivity index is 2.30. The molecule has 2 rings (SSSR count). The summed E-state index contributed by atoms with van der Waals surface area (Å²) in [5.74, 6) is -0.563. The normalized spacial score (nSPS) is 20.8. The van der Waals surface area contributed by atoms with E-state index in [0.29, 0.717) is 5.75 Å². The number of benzene rings is 1. The van der Waals surface area contributed by atoms with Crippen molar-refractivity contribution in [2.45, 2.75) is 16.2 Å². The molecule has 1 unspecified atom stereocenters. The fraction of sp³-hybridized carbons (Fsp3) is 0.333. The van der Waals surface area contributed by atoms with Gasteiger partial charge in [0.05, 0.1) is 19.1 Å². The zero-order valence-electron chi connectivity index (χ0n) is 9.97. The Morgan fingerprint density at radius 3 is 2.61 bits per heavy atom. The first-order valence-corrected chi connectivity index (χ1v) is 6.05. The summed E-state index contributed by atoms with van der Waals surface area (Å²) in [6, 6.07) is 7.19. The molecule has 1 heterocycles. The van der Waals surface area contributed by atoms with Gasteiger partial charge in [0.25, 0.3) is 4.93 Å². The summed E-state index contributed by atoms with van der Waals surface area (Å²) in [7, 11) is 2.52. The van der Waals surface area contributed by atoms with E-state index in [1.807, 2.05) is 12.1 Å². The summed E-state index contributed by atoms with van der Waals surface area (Å²) in [6.45, 7) is 0. The van der Waals surface area contributed by atoms with Crippen LogP contribution in [-0.2, 0) is 19.1 Å². The molecule has 1 aromatic carbocycles. The number of methoxy groups -OCH3 is 2. The Bertz CT molecular complexity index is 460. The number of fused-ring (bicyclic) bond motifs is 1. The Hall–Kier alpha value is -1.69. The maximum Gasteiger partial charge on any atom is 0.362 e. The minimum Gasteiger partial charge on any atom is -0.469 e. The lowest BCUT2D eigenvalue weighted by Gasteiger charge is -2.23. The van der Waals surface area contributed by atoms with E-state index in [9.17, 15) is 9.59 Å². The van der Waals surface area contributed by atoms with Gasteiger partial charge in [0, 0.05) is 0 Å². The highest BCUT2D eigenvalue weighted by atomic mass is 32.2. The van der Waals surface area contributed by atoms with Crippen molar-refractivity contribution in [1.29, 1.82) is 0 Å². The van der Waals surface area contributed by atoms with E-state index in [-0.39, 0.29) is 6.42 Å². The molecule has 0 aromatic heterocycles. The van der Waals surface area contributed by atoms with Crippen LogP contribution in [-0.4, -0.2) is 31.1 Å². The van der Waals surface area contributed by atoms with Gasteiger partial charge in [-0.2, -0.15) is 0 Å². The van der Waals surface area contributed by atoms with Gasteiger partial charge in [-0.3, -0.25) is 4.79 Å². The zero-order chi connectivity index (χ0) is 13.2. The molecule has 1 aromatic rings. The van der Waals surface area contributed by atoms with E-state index >= 15 is 0 Å². The van der Waals surface area contributed by atoms with Crippen molar-refractivity contribution in [2.24, 2.45) is 0 Å². The summed E-state index contributed by atoms with van der Waals surface area (Å²) in [4.78, 5) is 22.7. The topological polar surface area (TPSA) is 61.8 Å². The highest BCUT2D eigenvalue weighted by Crippen LogP contribution is 2.49. The molecular weight excluding hydrogens is 256 g/mol. The van der Waals surface area contributed by atoms with Crippen molar-refractivity contribution in [2.75, 3.05) is 14.2 Å². The van der Waals surface area contributed by atoms with Crippen molar-refractivity contribution < 1.29 is 23.8 Å². The van der Waals surface area contributed by atoms with E-state index in [4.69, 9.17) is 9.47 Å². The fourth-order valence-corrected chi connectivity index (χ4v) is 2.84. The molecule has 0 spiro atoms. The number of para-hydroxylation sites is 1. The number of ether oxygens (including phenoxy) is 3. The smallest absolute Gasteiger partial charge is 0.362 e. The summed E-state index contributed by atoms with van der Waals surface area (Å²) < 4.78 is 14.9. The predicted octanol–water partition coefficient (Wildman–Crippen LogP) is 1.60. The molecule has 1 aliphatic heterocycles. The number of hydrogen-bond donors (Lipinski definition) is 0. The summed E-state index contributed by atoms with van der Waals surface area (Å²) in [5, 5.41) is 0. The van der Waals surface area contributed by atoms with E-state index in [1.54, 1.807) is 12.1 Å². The van der Waals surface area contributed by atoms with Gasteiger partial charge in [0.2, 0.25) is 0 Å². The van der Waals surface area contributed by atoms with Gasteiger partial charge in [-0.1, -0.05) is 23.9 Å². The van der Waals surface area contributed by atoms with Crippen LogP contribution in [0.4, 0.5) is 0 Å². The Morgan fingerprint density at radius 1 is 1.28 bits per heavy atom. The van der Waals surface area contributed by atoms with Gasteiger partial charge < -0.3 is 14.2 Å². The van der Waals surface area contributed by atoms with Crippen LogP contribution in [0.5, 0.6) is 5.75 Å². The van der Waals surface area contributed by atoms with E-state index < -0.39 is 16.9 Å². The van der Waals surface area contributed by atoms with Crippen molar-refractivity contribution in [1.82, 2.24) is 0 Å². The molecule has 1 aliphatic rings. The molecule has 0 fully saturated rings. The highest BCUT2D eigenvalue weighted by molar-refractivity contribution is 8.01. The lowest BCUT2D eigenvalue weighted by Crippen LogP contribution is -2.42. The van der Waals surface area contributed by atoms with Crippen LogP contribution in [0.25, 0.3) is 0 Å². The van der Waals surface area contributed by atoms with Crippen LogP contribution in [0.2, 0.25) is 0 Å². The molecule has 0 saturated heterocycles. The van der Waals surface area contributed by atoms with Crippen molar-refractivity contribution in [3.63, 3.8) is 0 Å². The van der Waals surface area contributed by atoms with E-state index in [2.05, 4.69) is 4.74 Å². The number of rotatable bonds is 3. The molecule has 18 heavy (non-hydrogen) atoms. The molecule has 1 atom stereocenters. The van der Waals surface area contributed by atoms with Gasteiger partial charge in [-0.25, -0.2) is 4.79 Å². The zero-order valence-corrected chi connectivity index (χ0v) is 10.8. The largest absolute Gasteiger partial charge is 0.469 e. The quantitative estimate of drug-likeness (QED) is 0.776. The fourth-order valence-electron chi connectivity index (χ4n) is 1.64. The molecule has 5 nitrogen and oxygen atoms in total. The lowest BCUT2D eigenvalue weighted by atomic mass is 10.2. The number of carbonyl (C=O) groups is 2. The molecule has 0 radical (unpaired) electrons. The number of carbonyl (C=O) groups excluding carboxylic acids is 2. The molecule has 0 bridgehead atoms. The van der Waals surface area contributed by atoms with Crippen LogP contribution in [0.1, 0.15) is 6.42 Å². The molecule has 0 aliphatic carbocycles. The average Bonchev–Trinajstić information content (AvgIpc) is 2.76. The van der Waals surface area contributed by atoms with Crippen LogP contribution in [0.15, 0.2) is 29.2 Å². The van der Waals surface area contributed by atoms with Crippen molar-refractivity contribution in [3.8, 4) is 5.75 Å². The number of hydrogen-bond acceptors (Lipinski definition) is 6. The van der Waals surface area contributed by atoms with Crippen LogP contribution >= 0.6 is 11.8 Å². The van der Waals surface area contributed by atoms with Gasteiger partial charge in [-0.15, -0.1) is 0 Å². The first-order chi connectivity index (χ1) is 8.61. The SMILES string of the molecule is COC(=O)CC1(C(=O)OC)Oc2ccccc2S1. The standard InChI is InChI=1S/C12H12O5S/c1-15-10(13)7-12(11(14)16-2)17-8-5-3-4-6-9(8)18-12/h3-6H,7H2,1-2H3. The van der Waals surface area contributed by atoms with Crippen molar-refractivity contribution in [3.05, 3.63) is 24.3 Å². The van der Waals surface area contributed by atoms with E-state index in [0.717, 1.165) is 16.7 Å². The minimum absolute atomic E-state index is 0.199. The third kappa shape index (κ3) is 2.15. The maximum atomic E-state index is 11.9. The summed E-state index contributed by atoms with van der Waals surface area (Å²) >= 11 is 1.16. The molecule has 0 N–H and O–H groups in total. The Morgan fingerprint density at radius 2 is 2.00 bits per heavy atom. The maximum absolute atomic E-state index is 11.9. The first kappa shape index (κ1) is 12.8. The second-order valence-corrected chi connectivity index (χ2v) is 4.95. The molecule has 0 saturated carbocycles. The molecular formula is C12H12O5S. The third-order valence-corrected chi connectivity index (χ3v) is 3.78. The second kappa shape index (κ2) is 4.89. The van der Waals surface area contributed by atoms with Gasteiger partial charge in [0.15, 0.2) is 0 Å². The first-order valence-electron chi connectivity index (χ1n) is 5.23. The summed E-state index contributed by atoms with van der Waals surface area (Å²) in [5.41, 5.74) is 0. The molecule has 96 valence electrons. The Labute approximate surface area is 108 Å². The Kier molecular flexibility index (Phi) is 3.47. The lowest BCUT2D eigenvalue weighted by molar-refractivity contribution is -0.157. The van der Waals surface area contributed by atoms with Gasteiger partial charge >= 0.3 is 11.9 Å². The predicted molar refractivity (Wildman–Crippen MR) is 64.3 cm³/mol. The van der Waals surface area contributed by atoms with E-state index in [1.165, 1.54) is 14.2 Å². The number of thioether (sulfide) groups is 1. The van der Waals surface area contributed by atoms with Crippen molar-refractivity contribution >= 4 is 23.7 Å². The van der Waals surface area contributed by atoms with Crippen LogP contribution in [0, 0.1) is 0 Å². The monoisotopic (exact) mass is 268 g/mol. The number of esters is 2. The van der Waals surface area contributed by atoms with Crippen LogP contribution < -0.4 is 4.74 Å². The van der Waals surface area contributed by atoms with Gasteiger partial charge in [0.1, 0.15) is 12.2 Å². The van der Waals surface area contributed by atoms with Crippen LogP contribution in [0.3, 0.4) is 0 Å². The summed E-state index contributed by atoms with van der Waals surface area (Å²) in [6.07, 6.45) is -0.199. The average molecular weight is 268 g/mol.